The zero-order valence-corrected chi connectivity index (χ0v) is 22.7. The molecule has 0 saturated carbocycles. The molecule has 0 aliphatic rings. The molecule has 0 aliphatic carbocycles. The van der Waals surface area contributed by atoms with Crippen LogP contribution in [-0.4, -0.2) is 39.4 Å². The van der Waals surface area contributed by atoms with Gasteiger partial charge in [0.1, 0.15) is 6.54 Å². The highest BCUT2D eigenvalue weighted by atomic mass is 35.5. The summed E-state index contributed by atoms with van der Waals surface area (Å²) in [5, 5.41) is 3.52. The third-order valence-electron chi connectivity index (χ3n) is 6.00. The second kappa shape index (κ2) is 12.1. The van der Waals surface area contributed by atoms with Gasteiger partial charge in [-0.1, -0.05) is 85.6 Å². The summed E-state index contributed by atoms with van der Waals surface area (Å²) in [7, 11) is 0. The number of benzene rings is 3. The number of rotatable bonds is 9. The van der Waals surface area contributed by atoms with Crippen LogP contribution in [0.25, 0.3) is 16.9 Å². The van der Waals surface area contributed by atoms with Crippen molar-refractivity contribution in [3.8, 4) is 16.9 Å². The van der Waals surface area contributed by atoms with Gasteiger partial charge in [-0.15, -0.1) is 6.58 Å². The Morgan fingerprint density at radius 2 is 1.76 bits per heavy atom. The highest BCUT2D eigenvalue weighted by molar-refractivity contribution is 6.36. The van der Waals surface area contributed by atoms with E-state index in [2.05, 4.69) is 37.9 Å². The summed E-state index contributed by atoms with van der Waals surface area (Å²) in [4.78, 5) is 32.4. The second-order valence-electron chi connectivity index (χ2n) is 9.08. The minimum absolute atomic E-state index is 0.158. The van der Waals surface area contributed by atoms with Gasteiger partial charge in [-0.3, -0.25) is 19.5 Å². The number of nitrogens with zero attached hydrogens (tertiary/aromatic N) is 3. The number of aromatic nitrogens is 2. The van der Waals surface area contributed by atoms with Gasteiger partial charge in [-0.05, 0) is 41.8 Å². The summed E-state index contributed by atoms with van der Waals surface area (Å²) in [5.74, 6) is -0.0649. The van der Waals surface area contributed by atoms with Gasteiger partial charge in [-0.2, -0.15) is 0 Å². The number of hydrogen-bond donors (Lipinski definition) is 1. The standard InChI is InChI=1S/C30H28Cl2N4O2/c1-4-16-35(29(38)25-15-12-23(31)17-26(25)32)19-28(37)34-30-33-27(22-8-6-5-7-9-22)18-36(30)24-13-10-21(11-14-24)20(2)3/h4-15,17-18,20H,1,16,19H2,2-3H3,(H,33,34,37). The molecule has 4 aromatic rings. The van der Waals surface area contributed by atoms with Gasteiger partial charge < -0.3 is 4.90 Å². The molecule has 8 heteroatoms. The lowest BCUT2D eigenvalue weighted by Gasteiger charge is -2.21. The number of carbonyl (C=O) groups is 2. The maximum absolute atomic E-state index is 13.2. The molecule has 0 saturated heterocycles. The van der Waals surface area contributed by atoms with E-state index in [0.717, 1.165) is 11.3 Å². The third-order valence-corrected chi connectivity index (χ3v) is 6.55. The van der Waals surface area contributed by atoms with Crippen LogP contribution in [0.2, 0.25) is 10.0 Å². The van der Waals surface area contributed by atoms with Gasteiger partial charge in [0.05, 0.1) is 16.3 Å². The number of amides is 2. The van der Waals surface area contributed by atoms with E-state index in [0.29, 0.717) is 22.6 Å². The van der Waals surface area contributed by atoms with E-state index in [4.69, 9.17) is 28.2 Å². The first-order chi connectivity index (χ1) is 18.3. The number of nitrogens with one attached hydrogen (secondary N) is 1. The van der Waals surface area contributed by atoms with Crippen LogP contribution in [-0.2, 0) is 4.79 Å². The van der Waals surface area contributed by atoms with Gasteiger partial charge in [-0.25, -0.2) is 4.98 Å². The zero-order chi connectivity index (χ0) is 27.2. The summed E-state index contributed by atoms with van der Waals surface area (Å²) in [6.07, 6.45) is 3.44. The molecule has 1 N–H and O–H groups in total. The number of anilines is 1. The molecule has 4 rings (SSSR count). The quantitative estimate of drug-likeness (QED) is 0.225. The predicted octanol–water partition coefficient (Wildman–Crippen LogP) is 7.24. The average molecular weight is 547 g/mol. The number of carbonyl (C=O) groups excluding carboxylic acids is 2. The molecule has 0 bridgehead atoms. The van der Waals surface area contributed by atoms with Crippen LogP contribution in [0.1, 0.15) is 35.7 Å². The smallest absolute Gasteiger partial charge is 0.256 e. The zero-order valence-electron chi connectivity index (χ0n) is 21.2. The summed E-state index contributed by atoms with van der Waals surface area (Å²) >= 11 is 12.2. The van der Waals surface area contributed by atoms with Crippen LogP contribution < -0.4 is 5.32 Å². The molecule has 0 fully saturated rings. The number of hydrogen-bond acceptors (Lipinski definition) is 3. The Morgan fingerprint density at radius 3 is 2.39 bits per heavy atom. The largest absolute Gasteiger partial charge is 0.326 e. The van der Waals surface area contributed by atoms with Crippen LogP contribution in [0.15, 0.2) is 91.6 Å². The Hall–Kier alpha value is -3.87. The minimum atomic E-state index is -0.407. The number of halogens is 2. The first-order valence-electron chi connectivity index (χ1n) is 12.2. The van der Waals surface area contributed by atoms with Crippen molar-refractivity contribution in [1.82, 2.24) is 14.5 Å². The summed E-state index contributed by atoms with van der Waals surface area (Å²) < 4.78 is 1.83. The number of imidazole rings is 1. The normalized spacial score (nSPS) is 10.9. The molecule has 0 aliphatic heterocycles. The fourth-order valence-electron chi connectivity index (χ4n) is 3.98. The fourth-order valence-corrected chi connectivity index (χ4v) is 4.47. The first-order valence-corrected chi connectivity index (χ1v) is 12.9. The van der Waals surface area contributed by atoms with E-state index in [-0.39, 0.29) is 23.7 Å². The SMILES string of the molecule is C=CCN(CC(=O)Nc1nc(-c2ccccc2)cn1-c1ccc(C(C)C)cc1)C(=O)c1ccc(Cl)cc1Cl. The molecule has 0 unspecified atom stereocenters. The van der Waals surface area contributed by atoms with Crippen molar-refractivity contribution < 1.29 is 9.59 Å². The molecule has 1 aromatic heterocycles. The highest BCUT2D eigenvalue weighted by Gasteiger charge is 2.22. The van der Waals surface area contributed by atoms with Gasteiger partial charge in [0.15, 0.2) is 0 Å². The van der Waals surface area contributed by atoms with Crippen molar-refractivity contribution in [2.45, 2.75) is 19.8 Å². The van der Waals surface area contributed by atoms with E-state index in [1.807, 2.05) is 53.2 Å². The molecule has 2 amide bonds. The van der Waals surface area contributed by atoms with E-state index < -0.39 is 11.8 Å². The van der Waals surface area contributed by atoms with Gasteiger partial charge in [0.25, 0.3) is 5.91 Å². The van der Waals surface area contributed by atoms with E-state index in [9.17, 15) is 9.59 Å². The van der Waals surface area contributed by atoms with E-state index >= 15 is 0 Å². The maximum Gasteiger partial charge on any atom is 0.256 e. The maximum atomic E-state index is 13.2. The molecule has 6 nitrogen and oxygen atoms in total. The molecule has 0 spiro atoms. The molecular formula is C30H28Cl2N4O2. The molecule has 194 valence electrons. The monoisotopic (exact) mass is 546 g/mol. The summed E-state index contributed by atoms with van der Waals surface area (Å²) in [6.45, 7) is 7.93. The van der Waals surface area contributed by atoms with Crippen LogP contribution in [0, 0.1) is 0 Å². The Bertz CT molecular complexity index is 1450. The van der Waals surface area contributed by atoms with Crippen molar-refractivity contribution in [1.29, 1.82) is 0 Å². The van der Waals surface area contributed by atoms with Crippen molar-refractivity contribution in [3.05, 3.63) is 113 Å². The average Bonchev–Trinajstić information content (AvgIpc) is 3.32. The molecule has 1 heterocycles. The molecule has 38 heavy (non-hydrogen) atoms. The van der Waals surface area contributed by atoms with E-state index in [1.165, 1.54) is 16.5 Å². The van der Waals surface area contributed by atoms with Crippen LogP contribution in [0.5, 0.6) is 0 Å². The van der Waals surface area contributed by atoms with Gasteiger partial charge >= 0.3 is 0 Å². The van der Waals surface area contributed by atoms with Crippen LogP contribution in [0.3, 0.4) is 0 Å². The molecule has 0 radical (unpaired) electrons. The van der Waals surface area contributed by atoms with Crippen molar-refractivity contribution in [2.75, 3.05) is 18.4 Å². The summed E-state index contributed by atoms with van der Waals surface area (Å²) in [6, 6.07) is 22.5. The second-order valence-corrected chi connectivity index (χ2v) is 9.92. The van der Waals surface area contributed by atoms with Gasteiger partial charge in [0.2, 0.25) is 11.9 Å². The van der Waals surface area contributed by atoms with Crippen LogP contribution in [0.4, 0.5) is 5.95 Å². The third kappa shape index (κ3) is 6.33. The van der Waals surface area contributed by atoms with Crippen molar-refractivity contribution >= 4 is 41.0 Å². The lowest BCUT2D eigenvalue weighted by atomic mass is 10.0. The topological polar surface area (TPSA) is 67.2 Å². The van der Waals surface area contributed by atoms with Crippen molar-refractivity contribution in [2.24, 2.45) is 0 Å². The Kier molecular flexibility index (Phi) is 8.66. The van der Waals surface area contributed by atoms with Crippen molar-refractivity contribution in [3.63, 3.8) is 0 Å². The summed E-state index contributed by atoms with van der Waals surface area (Å²) in [5.41, 5.74) is 3.94. The highest BCUT2D eigenvalue weighted by Crippen LogP contribution is 2.26. The lowest BCUT2D eigenvalue weighted by Crippen LogP contribution is -2.38. The first kappa shape index (κ1) is 27.2. The minimum Gasteiger partial charge on any atom is -0.326 e. The lowest BCUT2D eigenvalue weighted by molar-refractivity contribution is -0.116. The van der Waals surface area contributed by atoms with Crippen LogP contribution >= 0.6 is 23.2 Å². The Morgan fingerprint density at radius 1 is 1.05 bits per heavy atom. The van der Waals surface area contributed by atoms with E-state index in [1.54, 1.807) is 18.2 Å². The predicted molar refractivity (Wildman–Crippen MR) is 154 cm³/mol. The molecular weight excluding hydrogens is 519 g/mol. The molecule has 0 atom stereocenters. The Labute approximate surface area is 232 Å². The fraction of sp³-hybridized carbons (Fsp3) is 0.167. The van der Waals surface area contributed by atoms with Gasteiger partial charge in [0, 0.05) is 29.0 Å². The molecule has 3 aromatic carbocycles. The Balaban J connectivity index is 1.62.